The molecule has 1 aliphatic heterocycles. The van der Waals surface area contributed by atoms with E-state index in [1.807, 2.05) is 20.8 Å². The minimum atomic E-state index is -3.67. The van der Waals surface area contributed by atoms with Crippen molar-refractivity contribution in [3.63, 3.8) is 0 Å². The summed E-state index contributed by atoms with van der Waals surface area (Å²) in [5.41, 5.74) is 0.509. The number of sulfonamides is 1. The third-order valence-corrected chi connectivity index (χ3v) is 4.91. The third-order valence-electron chi connectivity index (χ3n) is 3.97. The highest BCUT2D eigenvalue weighted by Gasteiger charge is 2.34. The molecule has 2 rings (SSSR count). The van der Waals surface area contributed by atoms with E-state index in [4.69, 9.17) is 5.14 Å². The van der Waals surface area contributed by atoms with Gasteiger partial charge in [-0.1, -0.05) is 20.8 Å². The molecular weight excluding hydrogens is 334 g/mol. The Labute approximate surface area is 140 Å². The molecule has 1 amide bonds. The molecule has 1 aromatic rings. The molecule has 1 saturated heterocycles. The summed E-state index contributed by atoms with van der Waals surface area (Å²) < 4.78 is 22.4. The van der Waals surface area contributed by atoms with Crippen LogP contribution in [0.3, 0.4) is 0 Å². The Morgan fingerprint density at radius 2 is 2.00 bits per heavy atom. The van der Waals surface area contributed by atoms with E-state index in [1.165, 1.54) is 11.0 Å². The summed E-state index contributed by atoms with van der Waals surface area (Å²) in [5, 5.41) is 16.4. The average molecular weight is 355 g/mol. The van der Waals surface area contributed by atoms with Gasteiger partial charge in [0.1, 0.15) is 0 Å². The number of benzene rings is 1. The van der Waals surface area contributed by atoms with Gasteiger partial charge >= 0.3 is 0 Å². The van der Waals surface area contributed by atoms with Gasteiger partial charge in [0, 0.05) is 30.5 Å². The maximum Gasteiger partial charge on any atom is 0.275 e. The summed E-state index contributed by atoms with van der Waals surface area (Å²) in [6.45, 7) is 5.80. The van der Waals surface area contributed by atoms with Crippen LogP contribution < -0.4 is 10.0 Å². The number of nitrogens with zero attached hydrogens (tertiary/aromatic N) is 2. The lowest BCUT2D eigenvalue weighted by Gasteiger charge is -2.22. The number of nitrogens with two attached hydrogens (primary N) is 1. The molecule has 2 N–H and O–H groups in total. The number of hydrogen-bond acceptors (Lipinski definition) is 5. The normalized spacial score (nSPS) is 18.9. The van der Waals surface area contributed by atoms with Gasteiger partial charge in [0.05, 0.1) is 16.4 Å². The molecule has 1 fully saturated rings. The van der Waals surface area contributed by atoms with Gasteiger partial charge in [0.25, 0.3) is 5.69 Å². The molecule has 0 radical (unpaired) electrons. The molecule has 0 aromatic heterocycles. The van der Waals surface area contributed by atoms with Gasteiger partial charge in [-0.25, -0.2) is 13.6 Å². The minimum absolute atomic E-state index is 0.0531. The molecule has 132 valence electrons. The molecule has 9 heteroatoms. The van der Waals surface area contributed by atoms with E-state index in [0.29, 0.717) is 11.3 Å². The Kier molecular flexibility index (Phi) is 4.69. The standard InChI is InChI=1S/C15H21N3O5S/c1-15(2,3)12-5-4-11(7-13(12)18(20)21)17-8-10(6-14(17)19)9-24(16,22)23/h4-5,7,10H,6,8-9H2,1-3H3,(H2,16,22,23). The second-order valence-corrected chi connectivity index (χ2v) is 8.77. The van der Waals surface area contributed by atoms with E-state index in [9.17, 15) is 23.3 Å². The van der Waals surface area contributed by atoms with Gasteiger partial charge in [-0.3, -0.25) is 14.9 Å². The van der Waals surface area contributed by atoms with Crippen LogP contribution in [0.4, 0.5) is 11.4 Å². The lowest BCUT2D eigenvalue weighted by molar-refractivity contribution is -0.385. The predicted octanol–water partition coefficient (Wildman–Crippen LogP) is 1.53. The van der Waals surface area contributed by atoms with Crippen LogP contribution in [0.2, 0.25) is 0 Å². The Bertz CT molecular complexity index is 783. The van der Waals surface area contributed by atoms with Crippen LogP contribution >= 0.6 is 0 Å². The Morgan fingerprint density at radius 3 is 2.50 bits per heavy atom. The molecule has 0 spiro atoms. The molecule has 1 heterocycles. The van der Waals surface area contributed by atoms with Crippen LogP contribution in [0.1, 0.15) is 32.8 Å². The second-order valence-electron chi connectivity index (χ2n) is 7.11. The summed E-state index contributed by atoms with van der Waals surface area (Å²) >= 11 is 0. The number of primary sulfonamides is 1. The zero-order chi connectivity index (χ0) is 18.3. The van der Waals surface area contributed by atoms with Crippen molar-refractivity contribution in [2.75, 3.05) is 17.2 Å². The van der Waals surface area contributed by atoms with Crippen molar-refractivity contribution in [2.24, 2.45) is 11.1 Å². The fourth-order valence-electron chi connectivity index (χ4n) is 2.94. The van der Waals surface area contributed by atoms with Crippen molar-refractivity contribution < 1.29 is 18.1 Å². The Morgan fingerprint density at radius 1 is 1.38 bits per heavy atom. The monoisotopic (exact) mass is 355 g/mol. The first-order chi connectivity index (χ1) is 10.9. The van der Waals surface area contributed by atoms with E-state index in [-0.39, 0.29) is 30.3 Å². The van der Waals surface area contributed by atoms with Crippen molar-refractivity contribution >= 4 is 27.3 Å². The van der Waals surface area contributed by atoms with E-state index >= 15 is 0 Å². The number of carbonyl (C=O) groups is 1. The molecule has 0 bridgehead atoms. The van der Waals surface area contributed by atoms with Crippen molar-refractivity contribution in [3.05, 3.63) is 33.9 Å². The van der Waals surface area contributed by atoms with Gasteiger partial charge in [0.15, 0.2) is 0 Å². The lowest BCUT2D eigenvalue weighted by Crippen LogP contribution is -2.27. The summed E-state index contributed by atoms with van der Waals surface area (Å²) in [6.07, 6.45) is 0.0608. The number of nitro benzene ring substituents is 1. The number of anilines is 1. The SMILES string of the molecule is CC(C)(C)c1ccc(N2CC(CS(N)(=O)=O)CC2=O)cc1[N+](=O)[O-]. The quantitative estimate of drug-likeness (QED) is 0.648. The van der Waals surface area contributed by atoms with Crippen LogP contribution in [0.25, 0.3) is 0 Å². The van der Waals surface area contributed by atoms with Crippen LogP contribution in [0.5, 0.6) is 0 Å². The van der Waals surface area contributed by atoms with Gasteiger partial charge in [0.2, 0.25) is 15.9 Å². The van der Waals surface area contributed by atoms with Crippen molar-refractivity contribution in [1.82, 2.24) is 0 Å². The summed E-state index contributed by atoms with van der Waals surface area (Å²) in [5.74, 6) is -0.951. The first kappa shape index (κ1) is 18.3. The van der Waals surface area contributed by atoms with Gasteiger partial charge < -0.3 is 4.90 Å². The number of rotatable bonds is 4. The molecule has 8 nitrogen and oxygen atoms in total. The number of nitro groups is 1. The smallest absolute Gasteiger partial charge is 0.275 e. The van der Waals surface area contributed by atoms with Crippen LogP contribution in [0, 0.1) is 16.0 Å². The maximum atomic E-state index is 12.2. The fraction of sp³-hybridized carbons (Fsp3) is 0.533. The molecule has 1 unspecified atom stereocenters. The van der Waals surface area contributed by atoms with E-state index in [1.54, 1.807) is 12.1 Å². The summed E-state index contributed by atoms with van der Waals surface area (Å²) in [7, 11) is -3.67. The molecule has 0 saturated carbocycles. The fourth-order valence-corrected chi connectivity index (χ4v) is 3.82. The summed E-state index contributed by atoms with van der Waals surface area (Å²) in [4.78, 5) is 24.4. The predicted molar refractivity (Wildman–Crippen MR) is 90.2 cm³/mol. The first-order valence-corrected chi connectivity index (χ1v) is 9.20. The topological polar surface area (TPSA) is 124 Å². The van der Waals surface area contributed by atoms with E-state index < -0.39 is 26.3 Å². The highest BCUT2D eigenvalue weighted by molar-refractivity contribution is 7.89. The highest BCUT2D eigenvalue weighted by atomic mass is 32.2. The Hall–Kier alpha value is -2.00. The molecule has 0 aliphatic carbocycles. The van der Waals surface area contributed by atoms with Crippen LogP contribution in [-0.4, -0.2) is 31.5 Å². The van der Waals surface area contributed by atoms with Crippen LogP contribution in [0.15, 0.2) is 18.2 Å². The minimum Gasteiger partial charge on any atom is -0.312 e. The van der Waals surface area contributed by atoms with Crippen LogP contribution in [-0.2, 0) is 20.2 Å². The molecule has 1 aliphatic rings. The zero-order valence-electron chi connectivity index (χ0n) is 13.9. The van der Waals surface area contributed by atoms with Crippen molar-refractivity contribution in [2.45, 2.75) is 32.6 Å². The van der Waals surface area contributed by atoms with Crippen molar-refractivity contribution in [1.29, 1.82) is 0 Å². The van der Waals surface area contributed by atoms with E-state index in [2.05, 4.69) is 0 Å². The molecular formula is C15H21N3O5S. The third kappa shape index (κ3) is 4.09. The van der Waals surface area contributed by atoms with Gasteiger partial charge in [-0.15, -0.1) is 0 Å². The second kappa shape index (κ2) is 6.14. The summed E-state index contributed by atoms with van der Waals surface area (Å²) in [6, 6.07) is 4.68. The lowest BCUT2D eigenvalue weighted by atomic mass is 9.85. The van der Waals surface area contributed by atoms with Crippen molar-refractivity contribution in [3.8, 4) is 0 Å². The maximum absolute atomic E-state index is 12.2. The number of hydrogen-bond donors (Lipinski definition) is 1. The average Bonchev–Trinajstić information content (AvgIpc) is 2.75. The molecule has 24 heavy (non-hydrogen) atoms. The number of amides is 1. The first-order valence-electron chi connectivity index (χ1n) is 7.48. The zero-order valence-corrected chi connectivity index (χ0v) is 14.7. The van der Waals surface area contributed by atoms with Gasteiger partial charge in [-0.05, 0) is 17.5 Å². The largest absolute Gasteiger partial charge is 0.312 e. The Balaban J connectivity index is 2.35. The highest BCUT2D eigenvalue weighted by Crippen LogP contribution is 2.35. The van der Waals surface area contributed by atoms with E-state index in [0.717, 1.165) is 0 Å². The number of carbonyl (C=O) groups excluding carboxylic acids is 1. The van der Waals surface area contributed by atoms with Gasteiger partial charge in [-0.2, -0.15) is 0 Å². The molecule has 1 aromatic carbocycles. The molecule has 1 atom stereocenters.